The number of hydrogen-bond acceptors (Lipinski definition) is 2. The van der Waals surface area contributed by atoms with Crippen molar-refractivity contribution in [2.24, 2.45) is 4.99 Å². The largest absolute Gasteiger partial charge is 0.481 e. The zero-order valence-corrected chi connectivity index (χ0v) is 7.03. The van der Waals surface area contributed by atoms with Gasteiger partial charge in [-0.25, -0.2) is 0 Å². The van der Waals surface area contributed by atoms with Crippen molar-refractivity contribution in [1.82, 2.24) is 0 Å². The molecule has 1 aromatic rings. The van der Waals surface area contributed by atoms with Crippen LogP contribution in [-0.2, 0) is 4.79 Å². The van der Waals surface area contributed by atoms with Crippen molar-refractivity contribution < 1.29 is 9.90 Å². The summed E-state index contributed by atoms with van der Waals surface area (Å²) in [5.74, 6) is -0.790. The molecule has 1 aromatic carbocycles. The Hall–Kier alpha value is -1.64. The van der Waals surface area contributed by atoms with Crippen molar-refractivity contribution in [3.63, 3.8) is 0 Å². The molecule has 13 heavy (non-hydrogen) atoms. The Labute approximate surface area is 75.0 Å². The lowest BCUT2D eigenvalue weighted by atomic mass is 10.1. The third-order valence-electron chi connectivity index (χ3n) is 2.09. The predicted molar refractivity (Wildman–Crippen MR) is 47.8 cm³/mol. The Bertz CT molecular complexity index is 462. The Balaban J connectivity index is 2.54. The van der Waals surface area contributed by atoms with Crippen molar-refractivity contribution in [3.05, 3.63) is 34.8 Å². The maximum atomic E-state index is 10.5. The van der Waals surface area contributed by atoms with Crippen molar-refractivity contribution in [2.75, 3.05) is 6.54 Å². The fourth-order valence-electron chi connectivity index (χ4n) is 1.51. The Morgan fingerprint density at radius 3 is 3.00 bits per heavy atom. The quantitative estimate of drug-likeness (QED) is 0.684. The molecule has 1 N–H and O–H groups in total. The van der Waals surface area contributed by atoms with Crippen molar-refractivity contribution >= 4 is 11.5 Å². The summed E-state index contributed by atoms with van der Waals surface area (Å²) < 4.78 is 0. The second-order valence-electron chi connectivity index (χ2n) is 3.01. The fraction of sp³-hybridized carbons (Fsp3) is 0.200. The normalized spacial score (nSPS) is 13.7. The van der Waals surface area contributed by atoms with Crippen LogP contribution in [0.4, 0.5) is 0 Å². The first-order valence-electron chi connectivity index (χ1n) is 4.11. The van der Waals surface area contributed by atoms with E-state index < -0.39 is 5.97 Å². The van der Waals surface area contributed by atoms with Crippen LogP contribution in [0.5, 0.6) is 0 Å². The number of carboxylic acid groups (broad SMARTS) is 1. The topological polar surface area (TPSA) is 49.7 Å². The summed E-state index contributed by atoms with van der Waals surface area (Å²) in [5.41, 5.74) is 0.906. The fourth-order valence-corrected chi connectivity index (χ4v) is 1.51. The van der Waals surface area contributed by atoms with E-state index in [-0.39, 0.29) is 6.42 Å². The van der Waals surface area contributed by atoms with Crippen LogP contribution in [0.2, 0.25) is 0 Å². The molecule has 0 aliphatic carbocycles. The molecule has 0 amide bonds. The van der Waals surface area contributed by atoms with Crippen LogP contribution >= 0.6 is 0 Å². The lowest BCUT2D eigenvalue weighted by molar-refractivity contribution is -0.135. The van der Waals surface area contributed by atoms with Crippen LogP contribution in [0.15, 0.2) is 29.3 Å². The van der Waals surface area contributed by atoms with E-state index in [1.54, 1.807) is 0 Å². The third-order valence-corrected chi connectivity index (χ3v) is 2.09. The lowest BCUT2D eigenvalue weighted by Crippen LogP contribution is -2.22. The van der Waals surface area contributed by atoms with Gasteiger partial charge in [0.05, 0.1) is 18.3 Å². The van der Waals surface area contributed by atoms with Gasteiger partial charge in [-0.05, 0) is 11.6 Å². The number of carboxylic acids is 1. The number of nitrogens with zero attached hydrogens (tertiary/aromatic N) is 1. The first-order valence-corrected chi connectivity index (χ1v) is 4.11. The molecule has 0 fully saturated rings. The van der Waals surface area contributed by atoms with E-state index >= 15 is 0 Å². The van der Waals surface area contributed by atoms with Gasteiger partial charge >= 0.3 is 5.97 Å². The summed E-state index contributed by atoms with van der Waals surface area (Å²) >= 11 is 0. The summed E-state index contributed by atoms with van der Waals surface area (Å²) in [6.45, 7) is 0.533. The second-order valence-corrected chi connectivity index (χ2v) is 3.01. The van der Waals surface area contributed by atoms with E-state index in [0.29, 0.717) is 6.54 Å². The van der Waals surface area contributed by atoms with Gasteiger partial charge in [-0.1, -0.05) is 18.2 Å². The number of para-hydroxylation sites is 1. The van der Waals surface area contributed by atoms with Gasteiger partial charge in [0, 0.05) is 5.22 Å². The highest BCUT2D eigenvalue weighted by Gasteiger charge is 2.08. The monoisotopic (exact) mass is 175 g/mol. The maximum absolute atomic E-state index is 10.5. The number of carbonyl (C=O) groups is 1. The SMILES string of the molecule is O=C(O)CC1=c2ccccc2=NC1. The van der Waals surface area contributed by atoms with Gasteiger partial charge in [-0.15, -0.1) is 0 Å². The summed E-state index contributed by atoms with van der Waals surface area (Å²) in [7, 11) is 0. The van der Waals surface area contributed by atoms with Crippen LogP contribution in [0.25, 0.3) is 5.57 Å². The summed E-state index contributed by atoms with van der Waals surface area (Å²) in [6.07, 6.45) is 0.0977. The van der Waals surface area contributed by atoms with Crippen LogP contribution < -0.4 is 10.6 Å². The van der Waals surface area contributed by atoms with E-state index in [2.05, 4.69) is 4.99 Å². The molecule has 0 spiro atoms. The molecular weight excluding hydrogens is 166 g/mol. The van der Waals surface area contributed by atoms with E-state index in [1.807, 2.05) is 24.3 Å². The molecule has 66 valence electrons. The van der Waals surface area contributed by atoms with Crippen molar-refractivity contribution in [3.8, 4) is 0 Å². The molecule has 3 nitrogen and oxygen atoms in total. The van der Waals surface area contributed by atoms with Crippen molar-refractivity contribution in [1.29, 1.82) is 0 Å². The van der Waals surface area contributed by atoms with E-state index in [0.717, 1.165) is 16.1 Å². The molecule has 0 radical (unpaired) electrons. The highest BCUT2D eigenvalue weighted by molar-refractivity contribution is 5.78. The second kappa shape index (κ2) is 3.01. The summed E-state index contributed by atoms with van der Waals surface area (Å²) in [5, 5.41) is 10.5. The lowest BCUT2D eigenvalue weighted by Gasteiger charge is -1.93. The molecule has 0 saturated heterocycles. The van der Waals surface area contributed by atoms with Crippen molar-refractivity contribution in [2.45, 2.75) is 6.42 Å². The molecule has 3 heteroatoms. The first-order chi connectivity index (χ1) is 6.27. The molecule has 2 rings (SSSR count). The zero-order valence-electron chi connectivity index (χ0n) is 7.03. The number of benzene rings is 1. The molecule has 1 aliphatic heterocycles. The highest BCUT2D eigenvalue weighted by Crippen LogP contribution is 2.02. The van der Waals surface area contributed by atoms with E-state index in [4.69, 9.17) is 5.11 Å². The zero-order chi connectivity index (χ0) is 9.26. The van der Waals surface area contributed by atoms with Gasteiger partial charge in [0.25, 0.3) is 0 Å². The van der Waals surface area contributed by atoms with Gasteiger partial charge in [0.15, 0.2) is 0 Å². The van der Waals surface area contributed by atoms with Crippen LogP contribution in [0, 0.1) is 0 Å². The molecular formula is C10H9NO2. The van der Waals surface area contributed by atoms with Gasteiger partial charge < -0.3 is 5.11 Å². The Morgan fingerprint density at radius 2 is 2.23 bits per heavy atom. The van der Waals surface area contributed by atoms with Gasteiger partial charge in [-0.2, -0.15) is 0 Å². The molecule has 0 atom stereocenters. The minimum atomic E-state index is -0.790. The summed E-state index contributed by atoms with van der Waals surface area (Å²) in [4.78, 5) is 14.7. The van der Waals surface area contributed by atoms with Crippen LogP contribution in [0.3, 0.4) is 0 Å². The van der Waals surface area contributed by atoms with E-state index in [9.17, 15) is 4.79 Å². The molecule has 0 saturated carbocycles. The van der Waals surface area contributed by atoms with Gasteiger partial charge in [0.1, 0.15) is 0 Å². The average Bonchev–Trinajstić information content (AvgIpc) is 2.48. The Morgan fingerprint density at radius 1 is 1.46 bits per heavy atom. The molecule has 1 aliphatic rings. The summed E-state index contributed by atoms with van der Waals surface area (Å²) in [6, 6.07) is 7.64. The minimum Gasteiger partial charge on any atom is -0.481 e. The van der Waals surface area contributed by atoms with E-state index in [1.165, 1.54) is 0 Å². The van der Waals surface area contributed by atoms with Gasteiger partial charge in [0.2, 0.25) is 0 Å². The molecule has 0 aromatic heterocycles. The standard InChI is InChI=1S/C10H9NO2/c12-10(13)5-7-6-11-9-4-2-1-3-8(7)9/h1-4H,5-6H2,(H,12,13). The number of aliphatic carboxylic acids is 1. The predicted octanol–water partition coefficient (Wildman–Crippen LogP) is -0.0548. The molecule has 1 heterocycles. The number of hydrogen-bond donors (Lipinski definition) is 1. The molecule has 0 bridgehead atoms. The number of rotatable bonds is 2. The Kier molecular flexibility index (Phi) is 1.85. The number of fused-ring (bicyclic) bond motifs is 1. The average molecular weight is 175 g/mol. The maximum Gasteiger partial charge on any atom is 0.307 e. The first kappa shape index (κ1) is 7.98. The minimum absolute atomic E-state index is 0.0977. The smallest absolute Gasteiger partial charge is 0.307 e. The highest BCUT2D eigenvalue weighted by atomic mass is 16.4. The van der Waals surface area contributed by atoms with Gasteiger partial charge in [-0.3, -0.25) is 9.79 Å². The van der Waals surface area contributed by atoms with Crippen LogP contribution in [0.1, 0.15) is 6.42 Å². The van der Waals surface area contributed by atoms with Crippen LogP contribution in [-0.4, -0.2) is 17.6 Å². The molecule has 0 unspecified atom stereocenters. The third kappa shape index (κ3) is 1.45.